The molecular formula is C21H16IN3O5. The molecule has 0 aromatic heterocycles. The highest BCUT2D eigenvalue weighted by atomic mass is 127. The molecule has 0 fully saturated rings. The van der Waals surface area contributed by atoms with Gasteiger partial charge in [-0.1, -0.05) is 12.0 Å². The number of carbonyl (C=O) groups is 1. The molecule has 0 radical (unpaired) electrons. The lowest BCUT2D eigenvalue weighted by Gasteiger charge is -2.13. The van der Waals surface area contributed by atoms with Crippen LogP contribution in [0.3, 0.4) is 0 Å². The van der Waals surface area contributed by atoms with E-state index >= 15 is 0 Å². The molecule has 0 atom stereocenters. The number of nitrogens with zero attached hydrogens (tertiary/aromatic N) is 2. The molecule has 0 aliphatic carbocycles. The van der Waals surface area contributed by atoms with Crippen molar-refractivity contribution in [2.75, 3.05) is 18.5 Å². The zero-order chi connectivity index (χ0) is 22.1. The largest absolute Gasteiger partial charge is 0.490 e. The van der Waals surface area contributed by atoms with Gasteiger partial charge in [0.25, 0.3) is 11.6 Å². The summed E-state index contributed by atoms with van der Waals surface area (Å²) in [6.45, 7) is 2.27. The van der Waals surface area contributed by atoms with Crippen LogP contribution in [0.25, 0.3) is 6.08 Å². The Morgan fingerprint density at radius 3 is 2.77 bits per heavy atom. The summed E-state index contributed by atoms with van der Waals surface area (Å²) >= 11 is 2.05. The van der Waals surface area contributed by atoms with Crippen LogP contribution in [0.2, 0.25) is 0 Å². The molecule has 8 nitrogen and oxygen atoms in total. The second kappa shape index (κ2) is 10.8. The van der Waals surface area contributed by atoms with E-state index in [4.69, 9.17) is 15.9 Å². The summed E-state index contributed by atoms with van der Waals surface area (Å²) in [6.07, 6.45) is 6.63. The van der Waals surface area contributed by atoms with Crippen LogP contribution in [0, 0.1) is 37.4 Å². The van der Waals surface area contributed by atoms with E-state index in [2.05, 4.69) is 11.2 Å². The van der Waals surface area contributed by atoms with Gasteiger partial charge in [-0.15, -0.1) is 6.42 Å². The Balaban J connectivity index is 2.33. The highest BCUT2D eigenvalue weighted by Gasteiger charge is 2.15. The van der Waals surface area contributed by atoms with E-state index in [-0.39, 0.29) is 23.6 Å². The third-order valence-electron chi connectivity index (χ3n) is 3.62. The fraction of sp³-hybridized carbons (Fsp3) is 0.143. The molecule has 0 saturated heterocycles. The van der Waals surface area contributed by atoms with Gasteiger partial charge in [-0.25, -0.2) is 0 Å². The minimum Gasteiger partial charge on any atom is -0.490 e. The van der Waals surface area contributed by atoms with Crippen molar-refractivity contribution in [3.8, 4) is 29.9 Å². The minimum atomic E-state index is -0.696. The minimum absolute atomic E-state index is 0.0698. The quantitative estimate of drug-likeness (QED) is 0.141. The average Bonchev–Trinajstić information content (AvgIpc) is 2.71. The lowest BCUT2D eigenvalue weighted by Crippen LogP contribution is -2.13. The van der Waals surface area contributed by atoms with Gasteiger partial charge in [-0.3, -0.25) is 14.9 Å². The Morgan fingerprint density at radius 2 is 2.13 bits per heavy atom. The third kappa shape index (κ3) is 5.96. The summed E-state index contributed by atoms with van der Waals surface area (Å²) in [4.78, 5) is 22.8. The number of nitrogens with one attached hydrogen (secondary N) is 1. The van der Waals surface area contributed by atoms with Crippen LogP contribution in [-0.4, -0.2) is 24.0 Å². The van der Waals surface area contributed by atoms with E-state index < -0.39 is 10.8 Å². The summed E-state index contributed by atoms with van der Waals surface area (Å²) in [5.74, 6) is 2.60. The summed E-state index contributed by atoms with van der Waals surface area (Å²) in [5, 5.41) is 22.8. The number of amides is 1. The van der Waals surface area contributed by atoms with Gasteiger partial charge in [0, 0.05) is 17.8 Å². The molecule has 1 N–H and O–H groups in total. The first-order valence-corrected chi connectivity index (χ1v) is 9.67. The fourth-order valence-electron chi connectivity index (χ4n) is 2.40. The smallest absolute Gasteiger partial charge is 0.271 e. The van der Waals surface area contributed by atoms with E-state index in [9.17, 15) is 20.2 Å². The zero-order valence-electron chi connectivity index (χ0n) is 15.8. The molecule has 9 heteroatoms. The van der Waals surface area contributed by atoms with Crippen molar-refractivity contribution in [3.63, 3.8) is 0 Å². The van der Waals surface area contributed by atoms with Gasteiger partial charge in [0.1, 0.15) is 18.2 Å². The Labute approximate surface area is 186 Å². The Hall–Kier alpha value is -3.57. The molecule has 0 aliphatic heterocycles. The summed E-state index contributed by atoms with van der Waals surface area (Å²) in [7, 11) is 0. The number of nitro benzene ring substituents is 1. The monoisotopic (exact) mass is 517 g/mol. The summed E-state index contributed by atoms with van der Waals surface area (Å²) in [6, 6.07) is 10.6. The number of hydrogen-bond acceptors (Lipinski definition) is 6. The molecule has 0 saturated carbocycles. The van der Waals surface area contributed by atoms with Gasteiger partial charge in [0.05, 0.1) is 15.1 Å². The lowest BCUT2D eigenvalue weighted by atomic mass is 10.1. The van der Waals surface area contributed by atoms with Gasteiger partial charge in [0.2, 0.25) is 0 Å². The van der Waals surface area contributed by atoms with Crippen LogP contribution >= 0.6 is 22.6 Å². The predicted octanol–water partition coefficient (Wildman–Crippen LogP) is 4.16. The van der Waals surface area contributed by atoms with Crippen molar-refractivity contribution in [1.29, 1.82) is 5.26 Å². The highest BCUT2D eigenvalue weighted by molar-refractivity contribution is 14.1. The maximum atomic E-state index is 12.5. The van der Waals surface area contributed by atoms with Gasteiger partial charge in [0.15, 0.2) is 11.5 Å². The number of non-ortho nitro benzene ring substituents is 1. The van der Waals surface area contributed by atoms with Crippen LogP contribution in [0.1, 0.15) is 12.5 Å². The average molecular weight is 517 g/mol. The Bertz CT molecular complexity index is 1080. The van der Waals surface area contributed by atoms with Crippen LogP contribution in [0.15, 0.2) is 42.0 Å². The number of ether oxygens (including phenoxy) is 2. The number of carbonyl (C=O) groups excluding carboxylic acids is 1. The maximum Gasteiger partial charge on any atom is 0.271 e. The number of terminal acetylenes is 1. The second-order valence-corrected chi connectivity index (χ2v) is 6.85. The molecule has 152 valence electrons. The van der Waals surface area contributed by atoms with Gasteiger partial charge in [-0.05, 0) is 59.4 Å². The molecule has 0 unspecified atom stereocenters. The van der Waals surface area contributed by atoms with Crippen molar-refractivity contribution in [1.82, 2.24) is 0 Å². The SMILES string of the molecule is C#CCOc1c(I)cc(/C=C(\C#N)C(=O)Nc2cccc([N+](=O)[O-])c2)cc1OCC. The maximum absolute atomic E-state index is 12.5. The number of benzene rings is 2. The first-order valence-electron chi connectivity index (χ1n) is 8.59. The molecule has 2 rings (SSSR count). The number of halogens is 1. The predicted molar refractivity (Wildman–Crippen MR) is 120 cm³/mol. The number of nitriles is 1. The van der Waals surface area contributed by atoms with Crippen LogP contribution in [0.5, 0.6) is 11.5 Å². The van der Waals surface area contributed by atoms with Gasteiger partial charge in [-0.2, -0.15) is 5.26 Å². The molecule has 2 aromatic carbocycles. The first kappa shape index (κ1) is 22.7. The molecule has 0 aliphatic rings. The summed E-state index contributed by atoms with van der Waals surface area (Å²) < 4.78 is 11.8. The van der Waals surface area contributed by atoms with Crippen molar-refractivity contribution in [2.24, 2.45) is 0 Å². The topological polar surface area (TPSA) is 114 Å². The van der Waals surface area contributed by atoms with Crippen LogP contribution < -0.4 is 14.8 Å². The lowest BCUT2D eigenvalue weighted by molar-refractivity contribution is -0.384. The van der Waals surface area contributed by atoms with Crippen molar-refractivity contribution in [3.05, 3.63) is 61.2 Å². The number of rotatable bonds is 8. The van der Waals surface area contributed by atoms with Crippen molar-refractivity contribution in [2.45, 2.75) is 6.92 Å². The second-order valence-electron chi connectivity index (χ2n) is 5.69. The van der Waals surface area contributed by atoms with E-state index in [1.54, 1.807) is 12.1 Å². The van der Waals surface area contributed by atoms with E-state index in [0.717, 1.165) is 0 Å². The highest BCUT2D eigenvalue weighted by Crippen LogP contribution is 2.35. The van der Waals surface area contributed by atoms with Gasteiger partial charge >= 0.3 is 0 Å². The van der Waals surface area contributed by atoms with Crippen molar-refractivity contribution >= 4 is 45.9 Å². The zero-order valence-corrected chi connectivity index (χ0v) is 18.0. The van der Waals surface area contributed by atoms with E-state index in [1.807, 2.05) is 35.6 Å². The fourth-order valence-corrected chi connectivity index (χ4v) is 3.18. The molecule has 0 bridgehead atoms. The number of nitro groups is 1. The molecule has 0 heterocycles. The number of anilines is 1. The molecule has 2 aromatic rings. The standard InChI is InChI=1S/C21H16IN3O5/c1-3-8-30-20-18(22)10-14(11-19(20)29-4-2)9-15(13-23)21(26)24-16-6-5-7-17(12-16)25(27)28/h1,5-7,9-12H,4,8H2,2H3,(H,24,26)/b15-9+. The van der Waals surface area contributed by atoms with Crippen molar-refractivity contribution < 1.29 is 19.2 Å². The molecule has 0 spiro atoms. The summed E-state index contributed by atoms with van der Waals surface area (Å²) in [5.41, 5.74) is 0.394. The molecule has 30 heavy (non-hydrogen) atoms. The first-order chi connectivity index (χ1) is 14.4. The Morgan fingerprint density at radius 1 is 1.37 bits per heavy atom. The molecular weight excluding hydrogens is 501 g/mol. The third-order valence-corrected chi connectivity index (χ3v) is 4.42. The van der Waals surface area contributed by atoms with E-state index in [0.29, 0.717) is 27.2 Å². The normalized spacial score (nSPS) is 10.5. The molecule has 1 amide bonds. The number of hydrogen-bond donors (Lipinski definition) is 1. The van der Waals surface area contributed by atoms with Crippen LogP contribution in [0.4, 0.5) is 11.4 Å². The van der Waals surface area contributed by atoms with Crippen LogP contribution in [-0.2, 0) is 4.79 Å². The van der Waals surface area contributed by atoms with Gasteiger partial charge < -0.3 is 14.8 Å². The Kier molecular flexibility index (Phi) is 8.20. The van der Waals surface area contributed by atoms with E-state index in [1.165, 1.54) is 30.3 Å².